The number of carbonyl (C=O) groups is 3. The lowest BCUT2D eigenvalue weighted by Crippen LogP contribution is -2.11. The molecule has 0 bridgehead atoms. The van der Waals surface area contributed by atoms with Crippen LogP contribution in [0.2, 0.25) is 5.02 Å². The minimum atomic E-state index is -1.82. The standard InChI is InChI=1S/C27H34ClN3OS.C2H2O4/c1-2-3-4-5-6-7-8-9-27(32)30-24-14-16-25(17-15-24)33-26(20-31-19-18-29-21-31)22-10-12-23(28)13-11-22;3-1(4)2(5)6/h10-19,21,26H,2-9,20H2,1H3,(H,30,32);(H,3,4)(H,5,6). The highest BCUT2D eigenvalue weighted by molar-refractivity contribution is 7.99. The summed E-state index contributed by atoms with van der Waals surface area (Å²) in [6.45, 7) is 3.04. The molecule has 210 valence electrons. The number of nitrogens with zero attached hydrogens (tertiary/aromatic N) is 2. The number of aromatic nitrogens is 2. The molecule has 1 heterocycles. The number of halogens is 1. The fourth-order valence-electron chi connectivity index (χ4n) is 3.72. The molecule has 0 radical (unpaired) electrons. The van der Waals surface area contributed by atoms with Crippen LogP contribution in [0.4, 0.5) is 5.69 Å². The number of aliphatic carboxylic acids is 2. The molecule has 3 N–H and O–H groups in total. The zero-order valence-electron chi connectivity index (χ0n) is 22.1. The summed E-state index contributed by atoms with van der Waals surface area (Å²) in [4.78, 5) is 35.8. The Labute approximate surface area is 238 Å². The molecule has 1 atom stereocenters. The maximum absolute atomic E-state index is 12.3. The van der Waals surface area contributed by atoms with Crippen LogP contribution in [0.25, 0.3) is 0 Å². The van der Waals surface area contributed by atoms with E-state index in [0.717, 1.165) is 35.0 Å². The van der Waals surface area contributed by atoms with Crippen molar-refractivity contribution in [3.8, 4) is 0 Å². The molecular weight excluding hydrogens is 538 g/mol. The maximum Gasteiger partial charge on any atom is 0.414 e. The summed E-state index contributed by atoms with van der Waals surface area (Å²) in [7, 11) is 0. The number of nitrogens with one attached hydrogen (secondary N) is 1. The number of carbonyl (C=O) groups excluding carboxylic acids is 1. The molecule has 1 amide bonds. The second-order valence-corrected chi connectivity index (χ2v) is 10.7. The Morgan fingerprint density at radius 1 is 0.923 bits per heavy atom. The number of unbranched alkanes of at least 4 members (excludes halogenated alkanes) is 6. The van der Waals surface area contributed by atoms with E-state index in [1.807, 2.05) is 36.8 Å². The van der Waals surface area contributed by atoms with E-state index in [-0.39, 0.29) is 11.2 Å². The highest BCUT2D eigenvalue weighted by Gasteiger charge is 2.15. The van der Waals surface area contributed by atoms with Crippen molar-refractivity contribution in [2.75, 3.05) is 5.32 Å². The fraction of sp³-hybridized carbons (Fsp3) is 0.379. The summed E-state index contributed by atoms with van der Waals surface area (Å²) in [5.74, 6) is -3.55. The van der Waals surface area contributed by atoms with Crippen molar-refractivity contribution in [3.05, 3.63) is 77.8 Å². The number of hydrogen-bond acceptors (Lipinski definition) is 5. The van der Waals surface area contributed by atoms with Crippen LogP contribution in [0.1, 0.15) is 69.1 Å². The second-order valence-electron chi connectivity index (χ2n) is 8.97. The number of thioether (sulfide) groups is 1. The van der Waals surface area contributed by atoms with Gasteiger partial charge in [0.15, 0.2) is 0 Å². The Morgan fingerprint density at radius 3 is 2.10 bits per heavy atom. The number of carboxylic acid groups (broad SMARTS) is 2. The van der Waals surface area contributed by atoms with E-state index in [1.165, 1.54) is 37.7 Å². The first-order chi connectivity index (χ1) is 18.8. The quantitative estimate of drug-likeness (QED) is 0.105. The van der Waals surface area contributed by atoms with Crippen molar-refractivity contribution in [2.24, 2.45) is 0 Å². The van der Waals surface area contributed by atoms with Gasteiger partial charge in [-0.2, -0.15) is 0 Å². The van der Waals surface area contributed by atoms with E-state index in [0.29, 0.717) is 6.42 Å². The third-order valence-corrected chi connectivity index (χ3v) is 7.29. The summed E-state index contributed by atoms with van der Waals surface area (Å²) in [6.07, 6.45) is 14.7. The molecule has 0 aliphatic carbocycles. The second kappa shape index (κ2) is 18.1. The average Bonchev–Trinajstić information content (AvgIpc) is 3.43. The maximum atomic E-state index is 12.3. The van der Waals surface area contributed by atoms with Crippen molar-refractivity contribution >= 4 is 46.9 Å². The Morgan fingerprint density at radius 2 is 1.54 bits per heavy atom. The monoisotopic (exact) mass is 573 g/mol. The number of imidazole rings is 1. The van der Waals surface area contributed by atoms with Gasteiger partial charge in [0.2, 0.25) is 5.91 Å². The molecule has 0 aliphatic heterocycles. The van der Waals surface area contributed by atoms with E-state index in [4.69, 9.17) is 31.4 Å². The van der Waals surface area contributed by atoms with Gasteiger partial charge in [0.1, 0.15) is 0 Å². The van der Waals surface area contributed by atoms with E-state index >= 15 is 0 Å². The minimum Gasteiger partial charge on any atom is -0.473 e. The third-order valence-electron chi connectivity index (χ3n) is 5.78. The summed E-state index contributed by atoms with van der Waals surface area (Å²) >= 11 is 7.88. The molecule has 1 unspecified atom stereocenters. The lowest BCUT2D eigenvalue weighted by molar-refractivity contribution is -0.159. The zero-order valence-corrected chi connectivity index (χ0v) is 23.7. The molecule has 0 saturated carbocycles. The minimum absolute atomic E-state index is 0.100. The van der Waals surface area contributed by atoms with Crippen molar-refractivity contribution in [2.45, 2.75) is 75.0 Å². The molecule has 39 heavy (non-hydrogen) atoms. The van der Waals surface area contributed by atoms with Crippen LogP contribution in [-0.4, -0.2) is 37.6 Å². The topological polar surface area (TPSA) is 122 Å². The predicted molar refractivity (Wildman–Crippen MR) is 155 cm³/mol. The summed E-state index contributed by atoms with van der Waals surface area (Å²) in [5.41, 5.74) is 2.06. The average molecular weight is 574 g/mol. The van der Waals surface area contributed by atoms with Gasteiger partial charge in [-0.25, -0.2) is 14.6 Å². The molecular formula is C29H36ClN3O5S. The van der Waals surface area contributed by atoms with Gasteiger partial charge in [0.05, 0.1) is 11.6 Å². The van der Waals surface area contributed by atoms with Gasteiger partial charge < -0.3 is 20.1 Å². The largest absolute Gasteiger partial charge is 0.473 e. The smallest absolute Gasteiger partial charge is 0.414 e. The number of anilines is 1. The van der Waals surface area contributed by atoms with Crippen molar-refractivity contribution in [3.63, 3.8) is 0 Å². The van der Waals surface area contributed by atoms with E-state index in [2.05, 4.69) is 46.1 Å². The van der Waals surface area contributed by atoms with E-state index in [9.17, 15) is 4.79 Å². The number of hydrogen-bond donors (Lipinski definition) is 3. The zero-order chi connectivity index (χ0) is 28.5. The first kappa shape index (κ1) is 31.9. The Bertz CT molecular complexity index is 1130. The summed E-state index contributed by atoms with van der Waals surface area (Å²) in [5, 5.41) is 18.8. The molecule has 10 heteroatoms. The molecule has 0 aliphatic rings. The normalized spacial score (nSPS) is 11.2. The Kier molecular flexibility index (Phi) is 14.8. The molecule has 0 fully saturated rings. The van der Waals surface area contributed by atoms with Crippen LogP contribution < -0.4 is 5.32 Å². The molecule has 2 aromatic carbocycles. The molecule has 8 nitrogen and oxygen atoms in total. The lowest BCUT2D eigenvalue weighted by Gasteiger charge is -2.18. The van der Waals surface area contributed by atoms with Gasteiger partial charge in [-0.05, 0) is 48.4 Å². The summed E-state index contributed by atoms with van der Waals surface area (Å²) < 4.78 is 2.09. The first-order valence-corrected chi connectivity index (χ1v) is 14.3. The number of amides is 1. The number of rotatable bonds is 14. The van der Waals surface area contributed by atoms with E-state index < -0.39 is 11.9 Å². The molecule has 3 rings (SSSR count). The van der Waals surface area contributed by atoms with Gasteiger partial charge >= 0.3 is 11.9 Å². The van der Waals surface area contributed by atoms with Gasteiger partial charge in [-0.3, -0.25) is 4.79 Å². The Hall–Kier alpha value is -3.30. The van der Waals surface area contributed by atoms with Crippen LogP contribution in [0, 0.1) is 0 Å². The first-order valence-electron chi connectivity index (χ1n) is 13.0. The van der Waals surface area contributed by atoms with Crippen LogP contribution >= 0.6 is 23.4 Å². The number of benzene rings is 2. The molecule has 0 saturated heterocycles. The molecule has 3 aromatic rings. The van der Waals surface area contributed by atoms with Gasteiger partial charge in [0, 0.05) is 41.0 Å². The van der Waals surface area contributed by atoms with Crippen LogP contribution in [-0.2, 0) is 20.9 Å². The van der Waals surface area contributed by atoms with Crippen LogP contribution in [0.5, 0.6) is 0 Å². The van der Waals surface area contributed by atoms with Crippen molar-refractivity contribution < 1.29 is 24.6 Å². The third kappa shape index (κ3) is 13.4. The SMILES string of the molecule is CCCCCCCCCC(=O)Nc1ccc(SC(Cn2ccnc2)c2ccc(Cl)cc2)cc1.O=C(O)C(=O)O. The molecule has 1 aromatic heterocycles. The van der Waals surface area contributed by atoms with Crippen LogP contribution in [0.3, 0.4) is 0 Å². The number of carboxylic acids is 2. The summed E-state index contributed by atoms with van der Waals surface area (Å²) in [6, 6.07) is 16.1. The van der Waals surface area contributed by atoms with Crippen LogP contribution in [0.15, 0.2) is 72.1 Å². The van der Waals surface area contributed by atoms with Gasteiger partial charge in [-0.15, -0.1) is 11.8 Å². The molecule has 0 spiro atoms. The lowest BCUT2D eigenvalue weighted by atomic mass is 10.1. The van der Waals surface area contributed by atoms with Crippen molar-refractivity contribution in [1.82, 2.24) is 9.55 Å². The predicted octanol–water partition coefficient (Wildman–Crippen LogP) is 7.30. The fourth-order valence-corrected chi connectivity index (χ4v) is 5.01. The van der Waals surface area contributed by atoms with Crippen molar-refractivity contribution in [1.29, 1.82) is 0 Å². The van der Waals surface area contributed by atoms with E-state index in [1.54, 1.807) is 18.0 Å². The highest BCUT2D eigenvalue weighted by Crippen LogP contribution is 2.37. The van der Waals surface area contributed by atoms with Gasteiger partial charge in [0.25, 0.3) is 0 Å². The highest BCUT2D eigenvalue weighted by atomic mass is 35.5. The Balaban J connectivity index is 0.000000798. The van der Waals surface area contributed by atoms with Gasteiger partial charge in [-0.1, -0.05) is 69.2 Å².